The van der Waals surface area contributed by atoms with Gasteiger partial charge in [-0.25, -0.2) is 9.97 Å². The molecule has 3 N–H and O–H groups in total. The Morgan fingerprint density at radius 3 is 2.28 bits per heavy atom. The van der Waals surface area contributed by atoms with E-state index >= 15 is 0 Å². The minimum Gasteiger partial charge on any atom is -0.480 e. The van der Waals surface area contributed by atoms with Crippen molar-refractivity contribution in [1.82, 2.24) is 35.8 Å². The number of halogens is 2. The van der Waals surface area contributed by atoms with Gasteiger partial charge in [-0.3, -0.25) is 19.5 Å². The van der Waals surface area contributed by atoms with Crippen molar-refractivity contribution < 1.29 is 19.1 Å². The van der Waals surface area contributed by atoms with Crippen molar-refractivity contribution in [2.45, 2.75) is 75.5 Å². The number of hydrogen-bond donors (Lipinski definition) is 3. The summed E-state index contributed by atoms with van der Waals surface area (Å²) in [5.74, 6) is 1.93. The lowest BCUT2D eigenvalue weighted by Crippen LogP contribution is -2.66. The molecule has 5 heterocycles. The Balaban J connectivity index is 0.980. The number of fused-ring (bicyclic) bond motifs is 1. The molecular weight excluding hydrogens is 725 g/mol. The summed E-state index contributed by atoms with van der Waals surface area (Å²) < 4.78 is 12.2. The average molecular weight is 769 g/mol. The molecule has 0 bridgehead atoms. The summed E-state index contributed by atoms with van der Waals surface area (Å²) in [6.07, 6.45) is 8.83. The molecule has 2 aromatic heterocycles. The van der Waals surface area contributed by atoms with Gasteiger partial charge in [-0.2, -0.15) is 0 Å². The van der Waals surface area contributed by atoms with Gasteiger partial charge < -0.3 is 25.4 Å². The van der Waals surface area contributed by atoms with Crippen molar-refractivity contribution in [1.29, 1.82) is 0 Å². The molecule has 2 aromatic carbocycles. The van der Waals surface area contributed by atoms with E-state index in [1.165, 1.54) is 18.4 Å². The van der Waals surface area contributed by atoms with E-state index in [0.29, 0.717) is 65.0 Å². The second kappa shape index (κ2) is 14.4. The number of pyridine rings is 1. The third kappa shape index (κ3) is 6.91. The van der Waals surface area contributed by atoms with Gasteiger partial charge in [0.05, 0.1) is 46.9 Å². The second-order valence-electron chi connectivity index (χ2n) is 15.5. The molecule has 2 amide bonds. The van der Waals surface area contributed by atoms with Gasteiger partial charge in [-0.1, -0.05) is 59.6 Å². The number of nitrogens with one attached hydrogen (secondary N) is 3. The SMILES string of the molecule is COc1nc(-c2cccc(-c3cccc(-c4cc5c(c(OCC6CC6)n4)C(NCC4CCC(=O)N4)CC5)c3Cl)c2Cl)cnc1CN1CC2(CCC(=O)N2)C1. The highest BCUT2D eigenvalue weighted by molar-refractivity contribution is 6.39. The van der Waals surface area contributed by atoms with E-state index < -0.39 is 0 Å². The largest absolute Gasteiger partial charge is 0.480 e. The van der Waals surface area contributed by atoms with Crippen LogP contribution in [-0.2, 0) is 22.6 Å². The molecule has 2 unspecified atom stereocenters. The quantitative estimate of drug-likeness (QED) is 0.152. The van der Waals surface area contributed by atoms with Crippen molar-refractivity contribution in [3.05, 3.63) is 75.5 Å². The van der Waals surface area contributed by atoms with E-state index in [9.17, 15) is 9.59 Å². The lowest BCUT2D eigenvalue weighted by atomic mass is 9.88. The van der Waals surface area contributed by atoms with Crippen molar-refractivity contribution in [3.63, 3.8) is 0 Å². The second-order valence-corrected chi connectivity index (χ2v) is 16.2. The Kier molecular flexibility index (Phi) is 9.45. The average Bonchev–Trinajstić information content (AvgIpc) is 3.54. The molecule has 9 rings (SSSR count). The number of rotatable bonds is 12. The topological polar surface area (TPSA) is 131 Å². The number of methoxy groups -OCH3 is 1. The van der Waals surface area contributed by atoms with Crippen molar-refractivity contribution in [2.24, 2.45) is 5.92 Å². The van der Waals surface area contributed by atoms with Crippen molar-refractivity contribution in [3.8, 4) is 45.4 Å². The molecule has 2 aliphatic carbocycles. The molecule has 4 aromatic rings. The van der Waals surface area contributed by atoms with Gasteiger partial charge in [0, 0.05) is 78.9 Å². The predicted molar refractivity (Wildman–Crippen MR) is 207 cm³/mol. The number of nitrogens with zero attached hydrogens (tertiary/aromatic N) is 4. The summed E-state index contributed by atoms with van der Waals surface area (Å²) in [7, 11) is 1.60. The lowest BCUT2D eigenvalue weighted by Gasteiger charge is -2.47. The van der Waals surface area contributed by atoms with E-state index in [4.69, 9.17) is 47.6 Å². The fraction of sp³-hybridized carbons (Fsp3) is 0.439. The van der Waals surface area contributed by atoms with Crippen LogP contribution in [0.3, 0.4) is 0 Å². The number of carbonyl (C=O) groups is 2. The van der Waals surface area contributed by atoms with E-state index in [1.807, 2.05) is 36.4 Å². The first-order valence-electron chi connectivity index (χ1n) is 19.0. The summed E-state index contributed by atoms with van der Waals surface area (Å²) in [6.45, 7) is 3.52. The van der Waals surface area contributed by atoms with Crippen molar-refractivity contribution >= 4 is 35.0 Å². The summed E-state index contributed by atoms with van der Waals surface area (Å²) in [5, 5.41) is 10.9. The number of ether oxygens (including phenoxy) is 2. The van der Waals surface area contributed by atoms with Crippen LogP contribution in [0.15, 0.2) is 48.7 Å². The van der Waals surface area contributed by atoms with Crippen LogP contribution in [-0.4, -0.2) is 76.6 Å². The smallest absolute Gasteiger partial charge is 0.237 e. The molecule has 280 valence electrons. The first-order valence-corrected chi connectivity index (χ1v) is 19.7. The molecule has 11 nitrogen and oxygen atoms in total. The molecule has 1 spiro atoms. The van der Waals surface area contributed by atoms with Crippen LogP contribution >= 0.6 is 23.2 Å². The summed E-state index contributed by atoms with van der Waals surface area (Å²) in [6, 6.07) is 14.2. The van der Waals surface area contributed by atoms with Crippen molar-refractivity contribution in [2.75, 3.05) is 33.4 Å². The molecule has 54 heavy (non-hydrogen) atoms. The lowest BCUT2D eigenvalue weighted by molar-refractivity contribution is -0.121. The summed E-state index contributed by atoms with van der Waals surface area (Å²) in [5.41, 5.74) is 7.36. The predicted octanol–water partition coefficient (Wildman–Crippen LogP) is 6.30. The van der Waals surface area contributed by atoms with Gasteiger partial charge in [0.2, 0.25) is 23.6 Å². The maximum Gasteiger partial charge on any atom is 0.237 e. The number of benzene rings is 2. The van der Waals surface area contributed by atoms with Crippen LogP contribution in [0.4, 0.5) is 0 Å². The number of amides is 2. The fourth-order valence-corrected chi connectivity index (χ4v) is 9.12. The van der Waals surface area contributed by atoms with Crippen LogP contribution < -0.4 is 25.4 Å². The van der Waals surface area contributed by atoms with E-state index in [1.54, 1.807) is 13.3 Å². The van der Waals surface area contributed by atoms with Crippen LogP contribution in [0.5, 0.6) is 11.8 Å². The zero-order valence-electron chi connectivity index (χ0n) is 30.2. The third-order valence-corrected chi connectivity index (χ3v) is 12.3. The van der Waals surface area contributed by atoms with E-state index in [2.05, 4.69) is 26.9 Å². The van der Waals surface area contributed by atoms with E-state index in [-0.39, 0.29) is 29.4 Å². The van der Waals surface area contributed by atoms with Crippen LogP contribution in [0, 0.1) is 5.92 Å². The Hall–Kier alpha value is -4.29. The minimum absolute atomic E-state index is 0.107. The third-order valence-electron chi connectivity index (χ3n) is 11.5. The fourth-order valence-electron chi connectivity index (χ4n) is 8.47. The number of likely N-dealkylation sites (tertiary alicyclic amines) is 1. The number of hydrogen-bond acceptors (Lipinski definition) is 9. The molecule has 3 saturated heterocycles. The molecular formula is C41H43Cl2N7O4. The highest BCUT2D eigenvalue weighted by atomic mass is 35.5. The molecule has 4 fully saturated rings. The zero-order chi connectivity index (χ0) is 37.0. The first kappa shape index (κ1) is 35.4. The van der Waals surface area contributed by atoms with Gasteiger partial charge in [0.25, 0.3) is 0 Å². The first-order chi connectivity index (χ1) is 26.3. The van der Waals surface area contributed by atoms with Gasteiger partial charge in [-0.05, 0) is 56.1 Å². The minimum atomic E-state index is -0.107. The maximum atomic E-state index is 11.8. The number of aryl methyl sites for hydroxylation is 1. The standard InChI is InChI=1S/C41H43Cl2N7O4/c1-53-39-33(19-50-21-41(22-50)15-14-35(52)49-41)45-18-32(48-39)29-7-3-5-27(38(29)43)26-4-2-6-28(37(26)42)31-16-24-10-12-30(44-17-25-11-13-34(51)46-25)36(24)40(47-31)54-20-23-8-9-23/h2-7,16,18,23,25,30,44H,8-15,17,19-22H2,1H3,(H,46,51)(H,49,52). The molecule has 0 radical (unpaired) electrons. The normalized spacial score (nSPS) is 21.5. The van der Waals surface area contributed by atoms with Gasteiger partial charge in [0.1, 0.15) is 5.69 Å². The van der Waals surface area contributed by atoms with Gasteiger partial charge in [0.15, 0.2) is 0 Å². The Morgan fingerprint density at radius 2 is 1.61 bits per heavy atom. The highest BCUT2D eigenvalue weighted by Gasteiger charge is 2.47. The number of aromatic nitrogens is 3. The molecule has 5 aliphatic rings. The molecule has 1 saturated carbocycles. The Labute approximate surface area is 324 Å². The van der Waals surface area contributed by atoms with Crippen LogP contribution in [0.1, 0.15) is 67.8 Å². The highest BCUT2D eigenvalue weighted by Crippen LogP contribution is 2.45. The van der Waals surface area contributed by atoms with Gasteiger partial charge >= 0.3 is 0 Å². The monoisotopic (exact) mass is 767 g/mol. The molecule has 13 heteroatoms. The number of carbonyl (C=O) groups excluding carboxylic acids is 2. The summed E-state index contributed by atoms with van der Waals surface area (Å²) in [4.78, 5) is 40.5. The van der Waals surface area contributed by atoms with Gasteiger partial charge in [-0.15, -0.1) is 0 Å². The molecule has 3 aliphatic heterocycles. The zero-order valence-corrected chi connectivity index (χ0v) is 31.7. The van der Waals surface area contributed by atoms with Crippen LogP contribution in [0.25, 0.3) is 33.6 Å². The Morgan fingerprint density at radius 1 is 0.889 bits per heavy atom. The Bertz CT molecular complexity index is 2140. The van der Waals surface area contributed by atoms with Crippen LogP contribution in [0.2, 0.25) is 10.0 Å². The maximum absolute atomic E-state index is 11.8. The molecule has 2 atom stereocenters. The summed E-state index contributed by atoms with van der Waals surface area (Å²) >= 11 is 14.5. The van der Waals surface area contributed by atoms with E-state index in [0.717, 1.165) is 79.0 Å².